The maximum absolute atomic E-state index is 10.0. The number of hydrogen-bond acceptors (Lipinski definition) is 4. The molecule has 46 heavy (non-hydrogen) atoms. The zero-order valence-corrected chi connectivity index (χ0v) is 30.4. The van der Waals surface area contributed by atoms with Crippen LogP contribution >= 0.6 is 0 Å². The van der Waals surface area contributed by atoms with Gasteiger partial charge in [-0.25, -0.2) is 4.89 Å². The highest BCUT2D eigenvalue weighted by Gasteiger charge is 2.60. The van der Waals surface area contributed by atoms with Gasteiger partial charge in [0, 0.05) is 5.56 Å². The van der Waals surface area contributed by atoms with Crippen molar-refractivity contribution in [2.45, 2.75) is 138 Å². The third-order valence-corrected chi connectivity index (χ3v) is 14.1. The summed E-state index contributed by atoms with van der Waals surface area (Å²) in [5.74, 6) is 7.28. The molecule has 11 unspecified atom stereocenters. The van der Waals surface area contributed by atoms with Crippen LogP contribution in [0.4, 0.5) is 0 Å². The third kappa shape index (κ3) is 7.06. The smallest absolute Gasteiger partial charge is 0.125 e. The SMILES string of the molecule is CCC(/C=C/C(C)C1CCC2C3CCC4CC(C(/C=C/c5ccc(OC(C)C)c(CO)c5)OO)CCC4(C)C3CCC12C)C(C)C. The summed E-state index contributed by atoms with van der Waals surface area (Å²) in [7, 11) is 0. The summed E-state index contributed by atoms with van der Waals surface area (Å²) in [5, 5.41) is 19.9. The second-order valence-electron chi connectivity index (χ2n) is 17.1. The molecule has 0 bridgehead atoms. The Morgan fingerprint density at radius 2 is 1.63 bits per heavy atom. The number of aliphatic hydroxyl groups excluding tert-OH is 1. The van der Waals surface area contributed by atoms with Gasteiger partial charge in [-0.1, -0.05) is 71.9 Å². The molecule has 1 aromatic carbocycles. The molecule has 4 nitrogen and oxygen atoms in total. The van der Waals surface area contributed by atoms with Crippen LogP contribution in [0.25, 0.3) is 6.08 Å². The summed E-state index contributed by atoms with van der Waals surface area (Å²) in [4.78, 5) is 5.16. The summed E-state index contributed by atoms with van der Waals surface area (Å²) >= 11 is 0. The predicted molar refractivity (Wildman–Crippen MR) is 190 cm³/mol. The number of ether oxygens (including phenoxy) is 1. The van der Waals surface area contributed by atoms with Gasteiger partial charge in [-0.05, 0) is 160 Å². The van der Waals surface area contributed by atoms with Gasteiger partial charge in [0.15, 0.2) is 0 Å². The quantitative estimate of drug-likeness (QED) is 0.136. The highest BCUT2D eigenvalue weighted by molar-refractivity contribution is 5.54. The molecular formula is C42H66O4. The molecule has 0 amide bonds. The number of hydrogen-bond donors (Lipinski definition) is 2. The lowest BCUT2D eigenvalue weighted by Crippen LogP contribution is -2.54. The monoisotopic (exact) mass is 634 g/mol. The van der Waals surface area contributed by atoms with Gasteiger partial charge in [0.05, 0.1) is 12.7 Å². The van der Waals surface area contributed by atoms with Crippen LogP contribution in [0.1, 0.15) is 131 Å². The second-order valence-corrected chi connectivity index (χ2v) is 17.1. The van der Waals surface area contributed by atoms with Gasteiger partial charge in [-0.2, -0.15) is 0 Å². The van der Waals surface area contributed by atoms with Crippen molar-refractivity contribution in [1.82, 2.24) is 0 Å². The molecule has 2 N–H and O–H groups in total. The fraction of sp³-hybridized carbons (Fsp3) is 0.762. The average Bonchev–Trinajstić information content (AvgIpc) is 3.39. The molecule has 4 aliphatic rings. The Balaban J connectivity index is 1.23. The Bertz CT molecular complexity index is 1200. The highest BCUT2D eigenvalue weighted by atomic mass is 17.1. The van der Waals surface area contributed by atoms with Crippen LogP contribution in [0.5, 0.6) is 5.75 Å². The molecule has 4 aliphatic carbocycles. The molecule has 4 heteroatoms. The maximum atomic E-state index is 10.0. The van der Waals surface area contributed by atoms with E-state index in [0.717, 1.165) is 59.3 Å². The number of allylic oxidation sites excluding steroid dienone is 2. The van der Waals surface area contributed by atoms with E-state index in [-0.39, 0.29) is 18.8 Å². The van der Waals surface area contributed by atoms with Gasteiger partial charge < -0.3 is 9.84 Å². The molecule has 258 valence electrons. The van der Waals surface area contributed by atoms with Crippen molar-refractivity contribution in [1.29, 1.82) is 0 Å². The molecule has 1 aromatic rings. The van der Waals surface area contributed by atoms with Crippen LogP contribution in [0.15, 0.2) is 36.4 Å². The lowest BCUT2D eigenvalue weighted by atomic mass is 9.44. The lowest BCUT2D eigenvalue weighted by molar-refractivity contribution is -0.282. The average molecular weight is 635 g/mol. The van der Waals surface area contributed by atoms with Crippen LogP contribution in [0, 0.1) is 64.1 Å². The summed E-state index contributed by atoms with van der Waals surface area (Å²) in [5.41, 5.74) is 2.66. The number of aliphatic hydroxyl groups is 1. The summed E-state index contributed by atoms with van der Waals surface area (Å²) < 4.78 is 5.85. The van der Waals surface area contributed by atoms with Gasteiger partial charge in [-0.15, -0.1) is 0 Å². The van der Waals surface area contributed by atoms with Crippen LogP contribution in [-0.4, -0.2) is 22.6 Å². The molecule has 4 fully saturated rings. The third-order valence-electron chi connectivity index (χ3n) is 14.1. The topological polar surface area (TPSA) is 58.9 Å². The summed E-state index contributed by atoms with van der Waals surface area (Å²) in [6.45, 7) is 18.8. The van der Waals surface area contributed by atoms with Gasteiger partial charge >= 0.3 is 0 Å². The van der Waals surface area contributed by atoms with Gasteiger partial charge in [-0.3, -0.25) is 5.26 Å². The number of rotatable bonds is 12. The van der Waals surface area contributed by atoms with Crippen molar-refractivity contribution in [2.75, 3.05) is 0 Å². The fourth-order valence-corrected chi connectivity index (χ4v) is 11.5. The van der Waals surface area contributed by atoms with Gasteiger partial charge in [0.2, 0.25) is 0 Å². The van der Waals surface area contributed by atoms with E-state index in [9.17, 15) is 10.4 Å². The van der Waals surface area contributed by atoms with E-state index in [1.54, 1.807) is 0 Å². The summed E-state index contributed by atoms with van der Waals surface area (Å²) in [6.07, 6.45) is 22.0. The van der Waals surface area contributed by atoms with Crippen LogP contribution in [0.3, 0.4) is 0 Å². The van der Waals surface area contributed by atoms with E-state index in [2.05, 4.69) is 53.7 Å². The van der Waals surface area contributed by atoms with Crippen molar-refractivity contribution in [3.05, 3.63) is 47.6 Å². The Kier molecular flexibility index (Phi) is 11.5. The Labute approximate surface area is 281 Å². The first-order valence-corrected chi connectivity index (χ1v) is 19.0. The Morgan fingerprint density at radius 3 is 2.30 bits per heavy atom. The fourth-order valence-electron chi connectivity index (χ4n) is 11.5. The zero-order chi connectivity index (χ0) is 33.2. The largest absolute Gasteiger partial charge is 0.491 e. The Morgan fingerprint density at radius 1 is 0.891 bits per heavy atom. The summed E-state index contributed by atoms with van der Waals surface area (Å²) in [6, 6.07) is 5.91. The van der Waals surface area contributed by atoms with Crippen molar-refractivity contribution in [2.24, 2.45) is 64.1 Å². The van der Waals surface area contributed by atoms with Crippen molar-refractivity contribution >= 4 is 6.08 Å². The minimum atomic E-state index is -0.311. The van der Waals surface area contributed by atoms with E-state index in [4.69, 9.17) is 9.62 Å². The standard InChI is InChI=1S/C42H66O4/c1-9-31(27(2)3)13-10-29(6)36-16-17-37-35-15-14-34-25-32(20-22-41(34,7)38(35)21-23-42(36,37)8)40(46-44)19-12-30-11-18-39(45-28(4)5)33(24-30)26-43/h10-13,18-19,24,27-29,31-32,34-38,40,43-44H,9,14-17,20-23,25-26H2,1-8H3/b13-10+,19-12+. The normalized spacial score (nSPS) is 36.5. The molecule has 4 saturated carbocycles. The highest BCUT2D eigenvalue weighted by Crippen LogP contribution is 2.68. The maximum Gasteiger partial charge on any atom is 0.125 e. The zero-order valence-electron chi connectivity index (χ0n) is 30.4. The molecule has 11 atom stereocenters. The van der Waals surface area contributed by atoms with E-state index in [1.807, 2.05) is 44.2 Å². The van der Waals surface area contributed by atoms with Crippen LogP contribution in [-0.2, 0) is 11.5 Å². The first kappa shape index (κ1) is 35.7. The number of fused-ring (bicyclic) bond motifs is 5. The van der Waals surface area contributed by atoms with Crippen molar-refractivity contribution in [3.8, 4) is 5.75 Å². The Hall–Kier alpha value is -1.62. The van der Waals surface area contributed by atoms with E-state index in [1.165, 1.54) is 51.4 Å². The van der Waals surface area contributed by atoms with Crippen molar-refractivity contribution in [3.63, 3.8) is 0 Å². The van der Waals surface area contributed by atoms with Crippen molar-refractivity contribution < 1.29 is 20.0 Å². The molecule has 0 heterocycles. The molecule has 0 radical (unpaired) electrons. The van der Waals surface area contributed by atoms with Crippen LogP contribution in [0.2, 0.25) is 0 Å². The minimum absolute atomic E-state index is 0.0541. The minimum Gasteiger partial charge on any atom is -0.491 e. The van der Waals surface area contributed by atoms with E-state index < -0.39 is 0 Å². The first-order chi connectivity index (χ1) is 21.9. The van der Waals surface area contributed by atoms with Gasteiger partial charge in [0.25, 0.3) is 0 Å². The molecule has 0 aliphatic heterocycles. The van der Waals surface area contributed by atoms with Gasteiger partial charge in [0.1, 0.15) is 11.9 Å². The molecule has 0 aromatic heterocycles. The first-order valence-electron chi connectivity index (χ1n) is 19.0. The lowest BCUT2D eigenvalue weighted by Gasteiger charge is -2.61. The van der Waals surface area contributed by atoms with E-state index in [0.29, 0.717) is 34.5 Å². The van der Waals surface area contributed by atoms with Crippen LogP contribution < -0.4 is 4.74 Å². The molecular weight excluding hydrogens is 568 g/mol. The second kappa shape index (κ2) is 14.9. The van der Waals surface area contributed by atoms with E-state index >= 15 is 0 Å². The predicted octanol–water partition coefficient (Wildman–Crippen LogP) is 11.0. The molecule has 0 spiro atoms. The number of benzene rings is 1. The molecule has 0 saturated heterocycles. The molecule has 5 rings (SSSR count).